The van der Waals surface area contributed by atoms with Crippen LogP contribution in [0.5, 0.6) is 0 Å². The number of amides is 1. The zero-order valence-corrected chi connectivity index (χ0v) is 8.63. The van der Waals surface area contributed by atoms with Crippen molar-refractivity contribution in [2.24, 2.45) is 11.7 Å². The van der Waals surface area contributed by atoms with E-state index in [0.717, 1.165) is 0 Å². The fourth-order valence-corrected chi connectivity index (χ4v) is 0.898. The van der Waals surface area contributed by atoms with E-state index in [1.807, 2.05) is 13.8 Å². The van der Waals surface area contributed by atoms with Crippen LogP contribution in [0.3, 0.4) is 0 Å². The molecule has 78 valence electrons. The normalized spacial score (nSPS) is 14.2. The van der Waals surface area contributed by atoms with Crippen LogP contribution < -0.4 is 11.1 Å². The molecule has 0 aromatic carbocycles. The van der Waals surface area contributed by atoms with Gasteiger partial charge in [0, 0.05) is 24.6 Å². The molecule has 0 aromatic heterocycles. The zero-order valence-electron chi connectivity index (χ0n) is 8.63. The first-order valence-corrected chi connectivity index (χ1v) is 4.54. The van der Waals surface area contributed by atoms with Crippen LogP contribution in [0.25, 0.3) is 0 Å². The highest BCUT2D eigenvalue weighted by atomic mass is 16.3. The molecule has 0 spiro atoms. The zero-order chi connectivity index (χ0) is 10.5. The molecule has 0 aromatic rings. The second-order valence-corrected chi connectivity index (χ2v) is 4.04. The molecule has 1 unspecified atom stereocenters. The Morgan fingerprint density at radius 2 is 2.15 bits per heavy atom. The first-order valence-electron chi connectivity index (χ1n) is 4.54. The lowest BCUT2D eigenvalue weighted by molar-refractivity contribution is -0.121. The Balaban J connectivity index is 3.80. The van der Waals surface area contributed by atoms with E-state index in [2.05, 4.69) is 5.32 Å². The van der Waals surface area contributed by atoms with Gasteiger partial charge in [0.1, 0.15) is 0 Å². The summed E-state index contributed by atoms with van der Waals surface area (Å²) in [5.74, 6) is -0.467. The maximum Gasteiger partial charge on any atom is 0.221 e. The van der Waals surface area contributed by atoms with Gasteiger partial charge in [0.2, 0.25) is 5.91 Å². The van der Waals surface area contributed by atoms with E-state index in [1.165, 1.54) is 0 Å². The van der Waals surface area contributed by atoms with Gasteiger partial charge < -0.3 is 16.2 Å². The van der Waals surface area contributed by atoms with E-state index >= 15 is 0 Å². The summed E-state index contributed by atoms with van der Waals surface area (Å²) in [4.78, 5) is 10.7. The van der Waals surface area contributed by atoms with E-state index < -0.39 is 0 Å². The summed E-state index contributed by atoms with van der Waals surface area (Å²) in [6.45, 7) is 6.45. The molecule has 0 bridgehead atoms. The topological polar surface area (TPSA) is 75.3 Å². The molecule has 0 fully saturated rings. The number of hydrogen-bond donors (Lipinski definition) is 3. The smallest absolute Gasteiger partial charge is 0.221 e. The summed E-state index contributed by atoms with van der Waals surface area (Å²) in [7, 11) is 0. The number of aliphatic hydroxyl groups excluding tert-OH is 1. The molecule has 4 N–H and O–H groups in total. The third-order valence-electron chi connectivity index (χ3n) is 2.11. The van der Waals surface area contributed by atoms with Gasteiger partial charge in [-0.1, -0.05) is 6.92 Å². The van der Waals surface area contributed by atoms with Gasteiger partial charge in [-0.25, -0.2) is 0 Å². The first kappa shape index (κ1) is 12.4. The summed E-state index contributed by atoms with van der Waals surface area (Å²) in [5, 5.41) is 11.9. The Morgan fingerprint density at radius 1 is 1.62 bits per heavy atom. The third-order valence-corrected chi connectivity index (χ3v) is 2.11. The number of nitrogens with two attached hydrogens (primary N) is 1. The fraction of sp³-hybridized carbons (Fsp3) is 0.889. The quantitative estimate of drug-likeness (QED) is 0.543. The molecule has 0 heterocycles. The summed E-state index contributed by atoms with van der Waals surface area (Å²) >= 11 is 0. The Labute approximate surface area is 79.5 Å². The monoisotopic (exact) mass is 188 g/mol. The van der Waals surface area contributed by atoms with Crippen LogP contribution in [-0.2, 0) is 4.79 Å². The largest absolute Gasteiger partial charge is 0.396 e. The molecule has 4 heteroatoms. The maximum absolute atomic E-state index is 10.7. The van der Waals surface area contributed by atoms with Crippen molar-refractivity contribution in [2.45, 2.75) is 32.7 Å². The Morgan fingerprint density at radius 3 is 2.54 bits per heavy atom. The SMILES string of the molecule is CC(CNC(C)(C)CCO)C(N)=O. The molecule has 1 atom stereocenters. The summed E-state index contributed by atoms with van der Waals surface area (Å²) in [6, 6.07) is 0. The predicted octanol–water partition coefficient (Wildman–Crippen LogP) is -0.142. The molecule has 0 rings (SSSR count). The number of primary amides is 1. The molecule has 0 aliphatic heterocycles. The summed E-state index contributed by atoms with van der Waals surface area (Å²) < 4.78 is 0. The van der Waals surface area contributed by atoms with Crippen molar-refractivity contribution in [1.29, 1.82) is 0 Å². The number of rotatable bonds is 6. The van der Waals surface area contributed by atoms with Crippen LogP contribution in [0.1, 0.15) is 27.2 Å². The highest BCUT2D eigenvalue weighted by molar-refractivity contribution is 5.76. The molecule has 13 heavy (non-hydrogen) atoms. The lowest BCUT2D eigenvalue weighted by Gasteiger charge is -2.26. The van der Waals surface area contributed by atoms with Crippen molar-refractivity contribution in [3.05, 3.63) is 0 Å². The van der Waals surface area contributed by atoms with E-state index in [4.69, 9.17) is 10.8 Å². The van der Waals surface area contributed by atoms with Crippen molar-refractivity contribution in [2.75, 3.05) is 13.2 Å². The number of nitrogens with one attached hydrogen (secondary N) is 1. The predicted molar refractivity (Wildman–Crippen MR) is 52.1 cm³/mol. The van der Waals surface area contributed by atoms with Crippen LogP contribution in [-0.4, -0.2) is 29.7 Å². The number of carbonyl (C=O) groups excluding carboxylic acids is 1. The molecule has 0 saturated heterocycles. The van der Waals surface area contributed by atoms with Gasteiger partial charge in [0.25, 0.3) is 0 Å². The molecule has 0 aliphatic carbocycles. The lowest BCUT2D eigenvalue weighted by Crippen LogP contribution is -2.44. The highest BCUT2D eigenvalue weighted by Gasteiger charge is 2.18. The molecule has 0 aliphatic rings. The molecule has 4 nitrogen and oxygen atoms in total. The minimum absolute atomic E-state index is 0.140. The second kappa shape index (κ2) is 5.19. The summed E-state index contributed by atoms with van der Waals surface area (Å²) in [6.07, 6.45) is 0.665. The summed E-state index contributed by atoms with van der Waals surface area (Å²) in [5.41, 5.74) is 4.97. The maximum atomic E-state index is 10.7. The average Bonchev–Trinajstić information content (AvgIpc) is 2.00. The molecular weight excluding hydrogens is 168 g/mol. The van der Waals surface area contributed by atoms with Crippen molar-refractivity contribution < 1.29 is 9.90 Å². The Hall–Kier alpha value is -0.610. The van der Waals surface area contributed by atoms with Gasteiger partial charge in [-0.15, -0.1) is 0 Å². The number of aliphatic hydroxyl groups is 1. The minimum Gasteiger partial charge on any atom is -0.396 e. The second-order valence-electron chi connectivity index (χ2n) is 4.04. The van der Waals surface area contributed by atoms with Gasteiger partial charge in [0.15, 0.2) is 0 Å². The van der Waals surface area contributed by atoms with Crippen LogP contribution in [0.4, 0.5) is 0 Å². The van der Waals surface area contributed by atoms with E-state index in [-0.39, 0.29) is 24.0 Å². The molecule has 0 radical (unpaired) electrons. The molecule has 0 saturated carbocycles. The van der Waals surface area contributed by atoms with Crippen molar-refractivity contribution in [3.63, 3.8) is 0 Å². The highest BCUT2D eigenvalue weighted by Crippen LogP contribution is 2.07. The van der Waals surface area contributed by atoms with E-state index in [0.29, 0.717) is 13.0 Å². The van der Waals surface area contributed by atoms with Gasteiger partial charge in [0.05, 0.1) is 0 Å². The average molecular weight is 188 g/mol. The van der Waals surface area contributed by atoms with Gasteiger partial charge in [-0.2, -0.15) is 0 Å². The van der Waals surface area contributed by atoms with Gasteiger partial charge >= 0.3 is 0 Å². The van der Waals surface area contributed by atoms with E-state index in [1.54, 1.807) is 6.92 Å². The van der Waals surface area contributed by atoms with Crippen LogP contribution in [0.15, 0.2) is 0 Å². The standard InChI is InChI=1S/C9H20N2O2/c1-7(8(10)13)6-11-9(2,3)4-5-12/h7,11-12H,4-6H2,1-3H3,(H2,10,13). The third kappa shape index (κ3) is 5.60. The Kier molecular flexibility index (Phi) is 4.95. The number of carbonyl (C=O) groups is 1. The van der Waals surface area contributed by atoms with Crippen LogP contribution in [0.2, 0.25) is 0 Å². The van der Waals surface area contributed by atoms with E-state index in [9.17, 15) is 4.79 Å². The number of hydrogen-bond acceptors (Lipinski definition) is 3. The fourth-order valence-electron chi connectivity index (χ4n) is 0.898. The lowest BCUT2D eigenvalue weighted by atomic mass is 10.00. The first-order chi connectivity index (χ1) is 5.89. The van der Waals surface area contributed by atoms with Crippen LogP contribution in [0, 0.1) is 5.92 Å². The molecular formula is C9H20N2O2. The van der Waals surface area contributed by atoms with Crippen molar-refractivity contribution >= 4 is 5.91 Å². The van der Waals surface area contributed by atoms with Crippen LogP contribution >= 0.6 is 0 Å². The van der Waals surface area contributed by atoms with Crippen molar-refractivity contribution in [3.8, 4) is 0 Å². The van der Waals surface area contributed by atoms with Gasteiger partial charge in [-0.05, 0) is 20.3 Å². The van der Waals surface area contributed by atoms with Gasteiger partial charge in [-0.3, -0.25) is 4.79 Å². The Bertz CT molecular complexity index is 169. The van der Waals surface area contributed by atoms with Crippen molar-refractivity contribution in [1.82, 2.24) is 5.32 Å². The molecule has 1 amide bonds. The minimum atomic E-state index is -0.299.